The van der Waals surface area contributed by atoms with Gasteiger partial charge in [-0.2, -0.15) is 0 Å². The Morgan fingerprint density at radius 2 is 1.71 bits per heavy atom. The van der Waals surface area contributed by atoms with Gasteiger partial charge < -0.3 is 24.6 Å². The van der Waals surface area contributed by atoms with Crippen molar-refractivity contribution in [3.05, 3.63) is 64.4 Å². The van der Waals surface area contributed by atoms with Crippen LogP contribution in [0.1, 0.15) is 46.9 Å². The minimum absolute atomic E-state index is 0.0897. The molecule has 0 aliphatic carbocycles. The normalized spacial score (nSPS) is 20.6. The molecule has 2 aliphatic rings. The number of aryl methyl sites for hydroxylation is 1. The molecule has 0 spiro atoms. The van der Waals surface area contributed by atoms with Crippen molar-refractivity contribution < 1.29 is 19.7 Å². The number of aliphatic hydroxyl groups is 1. The number of hydrogen-bond donors (Lipinski definition) is 2. The average molecular weight is 379 g/mol. The van der Waals surface area contributed by atoms with Crippen LogP contribution < -0.4 is 4.74 Å². The zero-order valence-corrected chi connectivity index (χ0v) is 16.2. The maximum Gasteiger partial charge on any atom is 0.173 e. The number of likely N-dealkylation sites (tertiary alicyclic amines) is 1. The van der Waals surface area contributed by atoms with Gasteiger partial charge in [-0.1, -0.05) is 17.7 Å². The number of piperidine rings is 1. The van der Waals surface area contributed by atoms with E-state index in [1.807, 2.05) is 13.0 Å². The molecule has 1 saturated heterocycles. The van der Waals surface area contributed by atoms with E-state index < -0.39 is 5.92 Å². The lowest BCUT2D eigenvalue weighted by Crippen LogP contribution is -2.29. The highest BCUT2D eigenvalue weighted by Crippen LogP contribution is 2.46. The summed E-state index contributed by atoms with van der Waals surface area (Å²) in [5.41, 5.74) is 3.52. The summed E-state index contributed by atoms with van der Waals surface area (Å²) in [4.78, 5) is 14.2. The summed E-state index contributed by atoms with van der Waals surface area (Å²) in [5, 5.41) is 20.3. The van der Waals surface area contributed by atoms with E-state index in [2.05, 4.69) is 18.0 Å². The number of ether oxygens (including phenoxy) is 1. The Morgan fingerprint density at radius 3 is 2.36 bits per heavy atom. The van der Waals surface area contributed by atoms with Gasteiger partial charge in [0.25, 0.3) is 0 Å². The van der Waals surface area contributed by atoms with E-state index in [0.29, 0.717) is 17.2 Å². The first kappa shape index (κ1) is 18.6. The number of allylic oxidation sites excluding steroid dienone is 1. The van der Waals surface area contributed by atoms with Crippen LogP contribution in [-0.2, 0) is 4.79 Å². The van der Waals surface area contributed by atoms with E-state index in [4.69, 9.17) is 4.74 Å². The lowest BCUT2D eigenvalue weighted by atomic mass is 9.83. The van der Waals surface area contributed by atoms with Crippen molar-refractivity contribution in [3.8, 4) is 11.5 Å². The third-order valence-corrected chi connectivity index (χ3v) is 5.78. The molecule has 146 valence electrons. The van der Waals surface area contributed by atoms with Gasteiger partial charge in [0.15, 0.2) is 11.5 Å². The summed E-state index contributed by atoms with van der Waals surface area (Å²) >= 11 is 0. The molecule has 4 rings (SSSR count). The predicted molar refractivity (Wildman–Crippen MR) is 108 cm³/mol. The van der Waals surface area contributed by atoms with Crippen molar-refractivity contribution in [2.75, 3.05) is 20.1 Å². The van der Waals surface area contributed by atoms with Crippen LogP contribution in [0, 0.1) is 6.92 Å². The number of rotatable bonds is 3. The van der Waals surface area contributed by atoms with E-state index in [1.165, 1.54) is 12.1 Å². The first-order valence-corrected chi connectivity index (χ1v) is 9.66. The topological polar surface area (TPSA) is 70.0 Å². The maximum absolute atomic E-state index is 11.9. The predicted octanol–water partition coefficient (Wildman–Crippen LogP) is 4.11. The fourth-order valence-corrected chi connectivity index (χ4v) is 4.20. The van der Waals surface area contributed by atoms with Gasteiger partial charge >= 0.3 is 0 Å². The first-order chi connectivity index (χ1) is 13.5. The molecule has 0 amide bonds. The molecule has 2 aliphatic heterocycles. The van der Waals surface area contributed by atoms with Crippen LogP contribution in [0.5, 0.6) is 11.5 Å². The highest BCUT2D eigenvalue weighted by molar-refractivity contribution is 5.80. The number of benzene rings is 2. The van der Waals surface area contributed by atoms with Crippen molar-refractivity contribution in [1.29, 1.82) is 0 Å². The van der Waals surface area contributed by atoms with Gasteiger partial charge in [-0.3, -0.25) is 0 Å². The summed E-state index contributed by atoms with van der Waals surface area (Å²) in [5.74, 6) is 0.624. The zero-order chi connectivity index (χ0) is 19.8. The van der Waals surface area contributed by atoms with Gasteiger partial charge in [-0.05, 0) is 75.6 Å². The van der Waals surface area contributed by atoms with E-state index >= 15 is 0 Å². The summed E-state index contributed by atoms with van der Waals surface area (Å²) in [6.07, 6.45) is 2.84. The molecule has 5 nitrogen and oxygen atoms in total. The Morgan fingerprint density at radius 1 is 1.07 bits per heavy atom. The van der Waals surface area contributed by atoms with Crippen molar-refractivity contribution in [3.63, 3.8) is 0 Å². The number of aldehydes is 1. The summed E-state index contributed by atoms with van der Waals surface area (Å²) in [6, 6.07) is 10.5. The van der Waals surface area contributed by atoms with Gasteiger partial charge in [0.1, 0.15) is 23.7 Å². The van der Waals surface area contributed by atoms with E-state index in [0.717, 1.165) is 48.9 Å². The molecule has 5 heteroatoms. The Balaban J connectivity index is 1.81. The van der Waals surface area contributed by atoms with E-state index in [9.17, 15) is 15.0 Å². The molecular formula is C23H25NO4. The molecule has 2 aromatic rings. The minimum atomic E-state index is -0.752. The van der Waals surface area contributed by atoms with Crippen LogP contribution in [0.2, 0.25) is 0 Å². The lowest BCUT2D eigenvalue weighted by Gasteiger charge is -2.33. The number of fused-ring (bicyclic) bond motifs is 1. The SMILES string of the molecule is Cc1cc(C2CCN(C)CC2)c2c(c1)C(C=O)C(O)=C(c1ccc(O)cc1)O2. The van der Waals surface area contributed by atoms with Crippen LogP contribution in [0.4, 0.5) is 0 Å². The van der Waals surface area contributed by atoms with Crippen molar-refractivity contribution in [2.45, 2.75) is 31.6 Å². The summed E-state index contributed by atoms with van der Waals surface area (Å²) in [7, 11) is 2.13. The second-order valence-electron chi connectivity index (χ2n) is 7.83. The number of hydrogen-bond acceptors (Lipinski definition) is 5. The number of aliphatic hydroxyl groups excluding tert-OH is 1. The highest BCUT2D eigenvalue weighted by Gasteiger charge is 2.34. The molecule has 2 N–H and O–H groups in total. The van der Waals surface area contributed by atoms with Gasteiger partial charge in [0.05, 0.1) is 0 Å². The number of phenolic OH excluding ortho intramolecular Hbond substituents is 1. The number of nitrogens with zero attached hydrogens (tertiary/aromatic N) is 1. The molecular weight excluding hydrogens is 354 g/mol. The monoisotopic (exact) mass is 379 g/mol. The standard InChI is InChI=1S/C23H25NO4/c1-14-11-18(15-7-9-24(2)10-8-15)23-19(12-14)20(13-25)21(27)22(28-23)16-3-5-17(26)6-4-16/h3-6,11-13,15,20,26-27H,7-10H2,1-2H3. The molecule has 1 atom stereocenters. The van der Waals surface area contributed by atoms with Crippen molar-refractivity contribution in [2.24, 2.45) is 0 Å². The number of carbonyl (C=O) groups excluding carboxylic acids is 1. The fraction of sp³-hybridized carbons (Fsp3) is 0.348. The average Bonchev–Trinajstić information content (AvgIpc) is 2.68. The molecule has 0 bridgehead atoms. The molecule has 1 fully saturated rings. The Kier molecular flexibility index (Phi) is 4.85. The lowest BCUT2D eigenvalue weighted by molar-refractivity contribution is -0.109. The Hall–Kier alpha value is -2.79. The Bertz CT molecular complexity index is 924. The van der Waals surface area contributed by atoms with Crippen LogP contribution in [0.3, 0.4) is 0 Å². The third kappa shape index (κ3) is 3.27. The van der Waals surface area contributed by atoms with Gasteiger partial charge in [0.2, 0.25) is 0 Å². The van der Waals surface area contributed by atoms with Crippen LogP contribution in [0.25, 0.3) is 5.76 Å². The molecule has 2 heterocycles. The highest BCUT2D eigenvalue weighted by atomic mass is 16.5. The van der Waals surface area contributed by atoms with Gasteiger partial charge in [0, 0.05) is 11.1 Å². The largest absolute Gasteiger partial charge is 0.508 e. The van der Waals surface area contributed by atoms with Crippen LogP contribution >= 0.6 is 0 Å². The number of carbonyl (C=O) groups is 1. The molecule has 0 radical (unpaired) electrons. The maximum atomic E-state index is 11.9. The molecule has 0 aromatic heterocycles. The summed E-state index contributed by atoms with van der Waals surface area (Å²) < 4.78 is 6.24. The van der Waals surface area contributed by atoms with Gasteiger partial charge in [-0.15, -0.1) is 0 Å². The Labute approximate surface area is 164 Å². The van der Waals surface area contributed by atoms with Gasteiger partial charge in [-0.25, -0.2) is 0 Å². The third-order valence-electron chi connectivity index (χ3n) is 5.78. The zero-order valence-electron chi connectivity index (χ0n) is 16.2. The molecule has 2 aromatic carbocycles. The van der Waals surface area contributed by atoms with Crippen LogP contribution in [0.15, 0.2) is 42.2 Å². The molecule has 1 unspecified atom stereocenters. The molecule has 0 saturated carbocycles. The summed E-state index contributed by atoms with van der Waals surface area (Å²) in [6.45, 7) is 4.06. The minimum Gasteiger partial charge on any atom is -0.508 e. The smallest absolute Gasteiger partial charge is 0.173 e. The fourth-order valence-electron chi connectivity index (χ4n) is 4.20. The molecule has 28 heavy (non-hydrogen) atoms. The van der Waals surface area contributed by atoms with E-state index in [1.54, 1.807) is 12.1 Å². The first-order valence-electron chi connectivity index (χ1n) is 9.66. The second-order valence-corrected chi connectivity index (χ2v) is 7.83. The van der Waals surface area contributed by atoms with Crippen LogP contribution in [-0.4, -0.2) is 41.5 Å². The van der Waals surface area contributed by atoms with E-state index in [-0.39, 0.29) is 17.3 Å². The second kappa shape index (κ2) is 7.32. The number of aromatic hydroxyl groups is 1. The quantitative estimate of drug-likeness (QED) is 0.786. The number of phenols is 1. The van der Waals surface area contributed by atoms with Crippen molar-refractivity contribution >= 4 is 12.0 Å². The van der Waals surface area contributed by atoms with Crippen molar-refractivity contribution in [1.82, 2.24) is 4.90 Å².